The fourth-order valence-electron chi connectivity index (χ4n) is 3.57. The van der Waals surface area contributed by atoms with Crippen LogP contribution in [-0.4, -0.2) is 81.1 Å². The van der Waals surface area contributed by atoms with Crippen molar-refractivity contribution in [3.8, 4) is 12.3 Å². The van der Waals surface area contributed by atoms with Gasteiger partial charge in [0.1, 0.15) is 5.52 Å². The van der Waals surface area contributed by atoms with E-state index in [0.717, 1.165) is 0 Å². The van der Waals surface area contributed by atoms with E-state index in [0.29, 0.717) is 80.5 Å². The van der Waals surface area contributed by atoms with Crippen LogP contribution in [0.5, 0.6) is 0 Å². The van der Waals surface area contributed by atoms with Gasteiger partial charge in [0.2, 0.25) is 17.8 Å². The van der Waals surface area contributed by atoms with Gasteiger partial charge in [0.15, 0.2) is 0 Å². The van der Waals surface area contributed by atoms with Crippen molar-refractivity contribution in [2.24, 2.45) is 5.73 Å². The third-order valence-corrected chi connectivity index (χ3v) is 5.43. The Bertz CT molecular complexity index is 1180. The average Bonchev–Trinajstić information content (AvgIpc) is 3.26. The number of carbonyl (C=O) groups excluding carboxylic acids is 2. The first-order valence-corrected chi connectivity index (χ1v) is 10.6. The lowest BCUT2D eigenvalue weighted by Gasteiger charge is -2.34. The van der Waals surface area contributed by atoms with E-state index in [1.54, 1.807) is 35.3 Å². The molecule has 2 aromatic heterocycles. The Kier molecular flexibility index (Phi) is 6.75. The summed E-state index contributed by atoms with van der Waals surface area (Å²) in [6.45, 7) is 3.66. The van der Waals surface area contributed by atoms with E-state index in [1.807, 2.05) is 9.80 Å². The molecule has 0 spiro atoms. The van der Waals surface area contributed by atoms with Gasteiger partial charge in [-0.1, -0.05) is 11.1 Å². The first kappa shape index (κ1) is 22.2. The number of rotatable bonds is 8. The third-order valence-electron chi connectivity index (χ3n) is 5.43. The van der Waals surface area contributed by atoms with Crippen LogP contribution in [-0.2, 0) is 16.1 Å². The normalized spacial score (nSPS) is 13.8. The Morgan fingerprint density at radius 3 is 2.58 bits per heavy atom. The topological polar surface area (TPSA) is 132 Å². The highest BCUT2D eigenvalue weighted by Crippen LogP contribution is 2.14. The van der Waals surface area contributed by atoms with E-state index in [1.165, 1.54) is 0 Å². The Morgan fingerprint density at radius 2 is 1.88 bits per heavy atom. The molecular formula is C22H24N8O3. The van der Waals surface area contributed by atoms with Gasteiger partial charge in [-0.15, -0.1) is 11.5 Å². The summed E-state index contributed by atoms with van der Waals surface area (Å²) >= 11 is 0. The van der Waals surface area contributed by atoms with Crippen molar-refractivity contribution in [1.82, 2.24) is 29.9 Å². The predicted octanol–water partition coefficient (Wildman–Crippen LogP) is 0.0570. The molecule has 0 atom stereocenters. The predicted molar refractivity (Wildman–Crippen MR) is 120 cm³/mol. The van der Waals surface area contributed by atoms with Crippen LogP contribution < -0.4 is 10.6 Å². The molecule has 0 bridgehead atoms. The van der Waals surface area contributed by atoms with E-state index in [-0.39, 0.29) is 5.91 Å². The smallest absolute Gasteiger partial charge is 0.248 e. The Hall–Kier alpha value is -4.04. The van der Waals surface area contributed by atoms with Crippen LogP contribution in [0.3, 0.4) is 0 Å². The highest BCUT2D eigenvalue weighted by Gasteiger charge is 2.22. The van der Waals surface area contributed by atoms with E-state index in [9.17, 15) is 9.59 Å². The van der Waals surface area contributed by atoms with E-state index >= 15 is 0 Å². The van der Waals surface area contributed by atoms with Crippen molar-refractivity contribution < 1.29 is 14.3 Å². The molecule has 3 aromatic rings. The number of nitrogens with zero attached hydrogens (tertiary/aromatic N) is 7. The van der Waals surface area contributed by atoms with Gasteiger partial charge in [0.25, 0.3) is 0 Å². The molecule has 0 radical (unpaired) electrons. The Morgan fingerprint density at radius 1 is 1.12 bits per heavy atom. The van der Waals surface area contributed by atoms with Crippen molar-refractivity contribution in [1.29, 1.82) is 0 Å². The minimum Gasteiger partial charge on any atom is -0.379 e. The fourth-order valence-corrected chi connectivity index (χ4v) is 3.57. The molecule has 1 aromatic carbocycles. The van der Waals surface area contributed by atoms with E-state index in [4.69, 9.17) is 16.9 Å². The number of carbonyl (C=O) groups is 2. The van der Waals surface area contributed by atoms with Crippen molar-refractivity contribution in [3.63, 3.8) is 0 Å². The second-order valence-corrected chi connectivity index (χ2v) is 7.53. The van der Waals surface area contributed by atoms with Gasteiger partial charge in [0.05, 0.1) is 37.3 Å². The summed E-state index contributed by atoms with van der Waals surface area (Å²) in [6, 6.07) is 4.99. The quantitative estimate of drug-likeness (QED) is 0.378. The number of anilines is 1. The lowest BCUT2D eigenvalue weighted by atomic mass is 10.2. The zero-order chi connectivity index (χ0) is 23.2. The number of fused-ring (bicyclic) bond motifs is 1. The van der Waals surface area contributed by atoms with Gasteiger partial charge >= 0.3 is 0 Å². The lowest BCUT2D eigenvalue weighted by Crippen LogP contribution is -2.49. The van der Waals surface area contributed by atoms with Gasteiger partial charge in [0, 0.05) is 44.1 Å². The van der Waals surface area contributed by atoms with Crippen molar-refractivity contribution >= 4 is 28.8 Å². The number of amides is 2. The van der Waals surface area contributed by atoms with Gasteiger partial charge in [-0.2, -0.15) is 0 Å². The summed E-state index contributed by atoms with van der Waals surface area (Å²) in [5.41, 5.74) is 7.75. The Balaban J connectivity index is 1.18. The Labute approximate surface area is 190 Å². The van der Waals surface area contributed by atoms with E-state index < -0.39 is 5.91 Å². The van der Waals surface area contributed by atoms with Gasteiger partial charge < -0.3 is 20.3 Å². The molecule has 1 aliphatic rings. The van der Waals surface area contributed by atoms with Crippen LogP contribution in [0.15, 0.2) is 30.6 Å². The summed E-state index contributed by atoms with van der Waals surface area (Å²) in [5.74, 6) is 2.66. The molecule has 1 aliphatic heterocycles. The van der Waals surface area contributed by atoms with Crippen LogP contribution in [0.4, 0.5) is 5.95 Å². The van der Waals surface area contributed by atoms with Gasteiger partial charge in [-0.25, -0.2) is 14.6 Å². The maximum atomic E-state index is 12.5. The summed E-state index contributed by atoms with van der Waals surface area (Å²) < 4.78 is 7.29. The molecule has 2 N–H and O–H groups in total. The maximum absolute atomic E-state index is 12.5. The highest BCUT2D eigenvalue weighted by molar-refractivity contribution is 5.96. The van der Waals surface area contributed by atoms with Gasteiger partial charge in [-0.3, -0.25) is 9.59 Å². The average molecular weight is 448 g/mol. The molecule has 4 rings (SSSR count). The van der Waals surface area contributed by atoms with Crippen LogP contribution in [0.2, 0.25) is 0 Å². The first-order valence-electron chi connectivity index (χ1n) is 10.6. The molecule has 3 heterocycles. The van der Waals surface area contributed by atoms with Crippen molar-refractivity contribution in [3.05, 3.63) is 41.7 Å². The zero-order valence-corrected chi connectivity index (χ0v) is 18.1. The minimum absolute atomic E-state index is 0.0514. The number of hydrogen-bond donors (Lipinski definition) is 1. The van der Waals surface area contributed by atoms with Gasteiger partial charge in [-0.05, 0) is 18.2 Å². The number of ether oxygens (including phenoxy) is 1. The largest absolute Gasteiger partial charge is 0.379 e. The van der Waals surface area contributed by atoms with Crippen LogP contribution in [0.1, 0.15) is 22.3 Å². The standard InChI is InChI=1S/C22H24N8O3/c1-2-16-14-24-22(25-15-16)29-8-6-28(7-9-29)20(31)5-11-33-12-10-30-19-13-17(21(23)32)3-4-18(19)26-27-30/h1,3-4,13-15H,5-12H2,(H2,23,32). The number of piperazine rings is 1. The molecule has 170 valence electrons. The second kappa shape index (κ2) is 10.1. The van der Waals surface area contributed by atoms with Crippen LogP contribution in [0, 0.1) is 12.3 Å². The molecule has 11 nitrogen and oxygen atoms in total. The molecule has 0 aliphatic carbocycles. The van der Waals surface area contributed by atoms with Crippen molar-refractivity contribution in [2.75, 3.05) is 44.3 Å². The number of benzene rings is 1. The molecule has 1 saturated heterocycles. The number of hydrogen-bond acceptors (Lipinski definition) is 8. The number of aromatic nitrogens is 5. The summed E-state index contributed by atoms with van der Waals surface area (Å²) in [7, 11) is 0. The monoisotopic (exact) mass is 448 g/mol. The van der Waals surface area contributed by atoms with Crippen molar-refractivity contribution in [2.45, 2.75) is 13.0 Å². The molecule has 2 amide bonds. The number of nitrogens with two attached hydrogens (primary N) is 1. The first-order chi connectivity index (χ1) is 16.0. The minimum atomic E-state index is -0.505. The van der Waals surface area contributed by atoms with Crippen LogP contribution >= 0.6 is 0 Å². The SMILES string of the molecule is C#Cc1cnc(N2CCN(C(=O)CCOCCn3nnc4ccc(C(N)=O)cc43)CC2)nc1. The summed E-state index contributed by atoms with van der Waals surface area (Å²) in [5, 5.41) is 8.15. The van der Waals surface area contributed by atoms with Crippen LogP contribution in [0.25, 0.3) is 11.0 Å². The molecular weight excluding hydrogens is 424 g/mol. The maximum Gasteiger partial charge on any atom is 0.248 e. The highest BCUT2D eigenvalue weighted by atomic mass is 16.5. The molecule has 1 fully saturated rings. The zero-order valence-electron chi connectivity index (χ0n) is 18.1. The summed E-state index contributed by atoms with van der Waals surface area (Å²) in [6.07, 6.45) is 8.88. The molecule has 11 heteroatoms. The number of primary amides is 1. The lowest BCUT2D eigenvalue weighted by molar-refractivity contribution is -0.132. The fraction of sp³-hybridized carbons (Fsp3) is 0.364. The molecule has 0 saturated carbocycles. The second-order valence-electron chi connectivity index (χ2n) is 7.53. The number of terminal acetylenes is 1. The third kappa shape index (κ3) is 5.24. The summed E-state index contributed by atoms with van der Waals surface area (Å²) in [4.78, 5) is 36.3. The molecule has 0 unspecified atom stereocenters. The van der Waals surface area contributed by atoms with E-state index in [2.05, 4.69) is 26.2 Å². The molecule has 33 heavy (non-hydrogen) atoms.